The predicted molar refractivity (Wildman–Crippen MR) is 101 cm³/mol. The minimum absolute atomic E-state index is 0.294. The van der Waals surface area contributed by atoms with E-state index in [-0.39, 0.29) is 0 Å². The maximum absolute atomic E-state index is 12.3. The van der Waals surface area contributed by atoms with Crippen LogP contribution in [0.2, 0.25) is 0 Å². The molecule has 0 amide bonds. The van der Waals surface area contributed by atoms with E-state index in [0.29, 0.717) is 29.4 Å². The van der Waals surface area contributed by atoms with E-state index >= 15 is 0 Å². The van der Waals surface area contributed by atoms with Crippen LogP contribution in [0.5, 0.6) is 17.2 Å². The fourth-order valence-corrected chi connectivity index (χ4v) is 2.32. The number of rotatable bonds is 8. The summed E-state index contributed by atoms with van der Waals surface area (Å²) in [4.78, 5) is 12.3. The summed E-state index contributed by atoms with van der Waals surface area (Å²) < 4.78 is 20.8. The van der Waals surface area contributed by atoms with E-state index in [0.717, 1.165) is 11.3 Å². The Morgan fingerprint density at radius 1 is 0.962 bits per heavy atom. The molecule has 1 N–H and O–H groups in total. The average Bonchev–Trinajstić information content (AvgIpc) is 2.68. The predicted octanol–water partition coefficient (Wildman–Crippen LogP) is 3.73. The quantitative estimate of drug-likeness (QED) is 0.574. The largest absolute Gasteiger partial charge is 0.497 e. The van der Waals surface area contributed by atoms with Gasteiger partial charge in [0.05, 0.1) is 33.5 Å². The van der Waals surface area contributed by atoms with Crippen LogP contribution in [-0.4, -0.2) is 33.9 Å². The van der Waals surface area contributed by atoms with Crippen molar-refractivity contribution in [2.24, 2.45) is 0 Å². The summed E-state index contributed by atoms with van der Waals surface area (Å²) in [6.07, 6.45) is 1.61. The van der Waals surface area contributed by atoms with Gasteiger partial charge >= 0.3 is 5.97 Å². The van der Waals surface area contributed by atoms with Gasteiger partial charge in [0.1, 0.15) is 5.75 Å². The molecule has 138 valence electrons. The molecule has 0 unspecified atom stereocenters. The number of ether oxygens (including phenoxy) is 4. The van der Waals surface area contributed by atoms with Crippen molar-refractivity contribution in [3.8, 4) is 17.2 Å². The lowest BCUT2D eigenvalue weighted by molar-refractivity contribution is -0.136. The Morgan fingerprint density at radius 3 is 2.23 bits per heavy atom. The lowest BCUT2D eigenvalue weighted by Crippen LogP contribution is -2.08. The highest BCUT2D eigenvalue weighted by atomic mass is 16.5. The molecule has 2 aromatic rings. The normalized spacial score (nSPS) is 10.8. The minimum atomic E-state index is -0.411. The van der Waals surface area contributed by atoms with Crippen molar-refractivity contribution in [3.63, 3.8) is 0 Å². The molecule has 0 spiro atoms. The van der Waals surface area contributed by atoms with Crippen LogP contribution in [0.15, 0.2) is 48.7 Å². The van der Waals surface area contributed by atoms with E-state index in [4.69, 9.17) is 18.9 Å². The number of benzene rings is 2. The smallest absolute Gasteiger partial charge is 0.340 e. The minimum Gasteiger partial charge on any atom is -0.497 e. The molecule has 0 aromatic heterocycles. The van der Waals surface area contributed by atoms with E-state index < -0.39 is 5.97 Å². The number of methoxy groups -OCH3 is 3. The topological polar surface area (TPSA) is 66.0 Å². The van der Waals surface area contributed by atoms with E-state index in [2.05, 4.69) is 5.32 Å². The fraction of sp³-hybridized carbons (Fsp3) is 0.250. The summed E-state index contributed by atoms with van der Waals surface area (Å²) in [7, 11) is 4.74. The van der Waals surface area contributed by atoms with Gasteiger partial charge in [-0.1, -0.05) is 12.1 Å². The molecule has 0 fully saturated rings. The van der Waals surface area contributed by atoms with Gasteiger partial charge in [-0.25, -0.2) is 4.79 Å². The van der Waals surface area contributed by atoms with Crippen molar-refractivity contribution < 1.29 is 23.7 Å². The molecular formula is C20H23NO5. The Bertz CT molecular complexity index is 768. The van der Waals surface area contributed by atoms with Gasteiger partial charge in [0.15, 0.2) is 11.5 Å². The summed E-state index contributed by atoms with van der Waals surface area (Å²) in [6, 6.07) is 12.6. The Kier molecular flexibility index (Phi) is 6.91. The van der Waals surface area contributed by atoms with Gasteiger partial charge < -0.3 is 24.3 Å². The molecule has 0 heterocycles. The van der Waals surface area contributed by atoms with Gasteiger partial charge in [0, 0.05) is 18.0 Å². The molecule has 0 radical (unpaired) electrons. The Labute approximate surface area is 153 Å². The third-order valence-electron chi connectivity index (χ3n) is 3.66. The summed E-state index contributed by atoms with van der Waals surface area (Å²) in [6.45, 7) is 2.06. The number of esters is 1. The molecule has 0 bridgehead atoms. The molecule has 0 saturated heterocycles. The molecule has 0 aliphatic carbocycles. The first-order chi connectivity index (χ1) is 12.6. The highest BCUT2D eigenvalue weighted by Gasteiger charge is 2.14. The molecule has 26 heavy (non-hydrogen) atoms. The van der Waals surface area contributed by atoms with Gasteiger partial charge in [-0.05, 0) is 36.8 Å². The van der Waals surface area contributed by atoms with E-state index in [9.17, 15) is 4.79 Å². The SMILES string of the molecule is CCOC(=O)/C(=C\Nc1ccc(OC)c(OC)c1)c1ccc(OC)cc1. The second-order valence-corrected chi connectivity index (χ2v) is 5.22. The van der Waals surface area contributed by atoms with E-state index in [1.807, 2.05) is 6.07 Å². The first-order valence-electron chi connectivity index (χ1n) is 8.13. The standard InChI is InChI=1S/C20H23NO5/c1-5-26-20(22)17(14-6-9-16(23-2)10-7-14)13-21-15-8-11-18(24-3)19(12-15)25-4/h6-13,21H,5H2,1-4H3/b17-13-. The van der Waals surface area contributed by atoms with E-state index in [1.165, 1.54) is 0 Å². The molecule has 2 rings (SSSR count). The fourth-order valence-electron chi connectivity index (χ4n) is 2.32. The lowest BCUT2D eigenvalue weighted by atomic mass is 10.1. The lowest BCUT2D eigenvalue weighted by Gasteiger charge is -2.11. The highest BCUT2D eigenvalue weighted by Crippen LogP contribution is 2.30. The molecule has 0 saturated carbocycles. The number of nitrogens with one attached hydrogen (secondary N) is 1. The molecule has 2 aromatic carbocycles. The van der Waals surface area contributed by atoms with Crippen LogP contribution < -0.4 is 19.5 Å². The maximum Gasteiger partial charge on any atom is 0.340 e. The maximum atomic E-state index is 12.3. The van der Waals surface area contributed by atoms with Crippen molar-refractivity contribution >= 4 is 17.2 Å². The van der Waals surface area contributed by atoms with Crippen molar-refractivity contribution in [1.82, 2.24) is 0 Å². The summed E-state index contributed by atoms with van der Waals surface area (Å²) >= 11 is 0. The first-order valence-corrected chi connectivity index (χ1v) is 8.13. The Balaban J connectivity index is 2.31. The summed E-state index contributed by atoms with van der Waals surface area (Å²) in [5.74, 6) is 1.52. The third-order valence-corrected chi connectivity index (χ3v) is 3.66. The van der Waals surface area contributed by atoms with Crippen molar-refractivity contribution in [2.75, 3.05) is 33.3 Å². The first kappa shape index (κ1) is 19.2. The molecule has 6 heteroatoms. The number of carbonyl (C=O) groups excluding carboxylic acids is 1. The Morgan fingerprint density at radius 2 is 1.65 bits per heavy atom. The highest BCUT2D eigenvalue weighted by molar-refractivity contribution is 6.16. The van der Waals surface area contributed by atoms with Crippen LogP contribution >= 0.6 is 0 Å². The van der Waals surface area contributed by atoms with Gasteiger partial charge in [-0.15, -0.1) is 0 Å². The van der Waals surface area contributed by atoms with Gasteiger partial charge in [-0.2, -0.15) is 0 Å². The van der Waals surface area contributed by atoms with Crippen LogP contribution in [0.25, 0.3) is 5.57 Å². The van der Waals surface area contributed by atoms with Gasteiger partial charge in [0.2, 0.25) is 0 Å². The average molecular weight is 357 g/mol. The monoisotopic (exact) mass is 357 g/mol. The number of anilines is 1. The summed E-state index contributed by atoms with van der Waals surface area (Å²) in [5, 5.41) is 3.11. The second kappa shape index (κ2) is 9.36. The second-order valence-electron chi connectivity index (χ2n) is 5.22. The van der Waals surface area contributed by atoms with Gasteiger partial charge in [-0.3, -0.25) is 0 Å². The molecular weight excluding hydrogens is 334 g/mol. The van der Waals surface area contributed by atoms with Crippen LogP contribution in [-0.2, 0) is 9.53 Å². The molecule has 6 nitrogen and oxygen atoms in total. The Hall–Kier alpha value is -3.15. The van der Waals surface area contributed by atoms with Crippen LogP contribution in [0.4, 0.5) is 5.69 Å². The summed E-state index contributed by atoms with van der Waals surface area (Å²) in [5.41, 5.74) is 1.87. The van der Waals surface area contributed by atoms with E-state index in [1.54, 1.807) is 70.9 Å². The van der Waals surface area contributed by atoms with Crippen LogP contribution in [0.1, 0.15) is 12.5 Å². The zero-order valence-corrected chi connectivity index (χ0v) is 15.4. The zero-order chi connectivity index (χ0) is 18.9. The van der Waals surface area contributed by atoms with Crippen LogP contribution in [0.3, 0.4) is 0 Å². The van der Waals surface area contributed by atoms with Crippen molar-refractivity contribution in [3.05, 3.63) is 54.2 Å². The third kappa shape index (κ3) is 4.69. The van der Waals surface area contributed by atoms with Crippen molar-refractivity contribution in [1.29, 1.82) is 0 Å². The van der Waals surface area contributed by atoms with Crippen molar-refractivity contribution in [2.45, 2.75) is 6.92 Å². The molecule has 0 atom stereocenters. The number of carbonyl (C=O) groups is 1. The van der Waals surface area contributed by atoms with Gasteiger partial charge in [0.25, 0.3) is 0 Å². The molecule has 0 aliphatic rings. The number of hydrogen-bond donors (Lipinski definition) is 1. The molecule has 0 aliphatic heterocycles. The number of hydrogen-bond acceptors (Lipinski definition) is 6. The van der Waals surface area contributed by atoms with Crippen LogP contribution in [0, 0.1) is 0 Å². The zero-order valence-electron chi connectivity index (χ0n) is 15.4.